The van der Waals surface area contributed by atoms with Crippen LogP contribution < -0.4 is 14.8 Å². The van der Waals surface area contributed by atoms with Gasteiger partial charge >= 0.3 is 6.18 Å². The number of anilines is 1. The summed E-state index contributed by atoms with van der Waals surface area (Å²) in [6, 6.07) is 6.83. The van der Waals surface area contributed by atoms with Gasteiger partial charge in [0.25, 0.3) is 5.91 Å². The van der Waals surface area contributed by atoms with Gasteiger partial charge in [0, 0.05) is 12.6 Å². The second-order valence-electron chi connectivity index (χ2n) is 5.30. The molecule has 0 radical (unpaired) electrons. The second-order valence-corrected chi connectivity index (χ2v) is 5.30. The van der Waals surface area contributed by atoms with Crippen molar-refractivity contribution in [2.45, 2.75) is 19.2 Å². The lowest BCUT2D eigenvalue weighted by Gasteiger charge is -2.25. The average Bonchev–Trinajstić information content (AvgIpc) is 2.82. The maximum atomic E-state index is 12.9. The Bertz CT molecular complexity index is 786. The standard InChI is InChI=1S/C15H14F3N3O3/c1-8-12(15(16,17)18)20-21(2)13(8)19-14(22)11-7-23-9-5-3-4-6-10(9)24-11/h3-6,11H,7H2,1-2H3,(H,19,22)/t11-/m0/s1. The number of nitrogens with zero attached hydrogens (tertiary/aromatic N) is 2. The molecule has 1 aromatic heterocycles. The van der Waals surface area contributed by atoms with Crippen LogP contribution in [0.4, 0.5) is 19.0 Å². The van der Waals surface area contributed by atoms with Gasteiger partial charge in [-0.05, 0) is 19.1 Å². The van der Waals surface area contributed by atoms with Gasteiger partial charge in [0.1, 0.15) is 12.4 Å². The summed E-state index contributed by atoms with van der Waals surface area (Å²) in [4.78, 5) is 12.3. The lowest BCUT2D eigenvalue weighted by Crippen LogP contribution is -2.40. The number of carbonyl (C=O) groups is 1. The Morgan fingerprint density at radius 3 is 2.62 bits per heavy atom. The van der Waals surface area contributed by atoms with Crippen LogP contribution in [0.3, 0.4) is 0 Å². The molecule has 1 atom stereocenters. The van der Waals surface area contributed by atoms with E-state index < -0.39 is 23.9 Å². The Morgan fingerprint density at radius 1 is 1.33 bits per heavy atom. The number of amides is 1. The average molecular weight is 341 g/mol. The van der Waals surface area contributed by atoms with Gasteiger partial charge in [0.05, 0.1) is 0 Å². The molecule has 0 saturated carbocycles. The first-order valence-electron chi connectivity index (χ1n) is 7.07. The summed E-state index contributed by atoms with van der Waals surface area (Å²) in [5.74, 6) is 0.276. The molecule has 1 aromatic carbocycles. The molecule has 9 heteroatoms. The van der Waals surface area contributed by atoms with Crippen molar-refractivity contribution < 1.29 is 27.4 Å². The first-order chi connectivity index (χ1) is 11.3. The fourth-order valence-electron chi connectivity index (χ4n) is 2.42. The number of halogens is 3. The van der Waals surface area contributed by atoms with Crippen LogP contribution >= 0.6 is 0 Å². The molecule has 1 N–H and O–H groups in total. The zero-order valence-corrected chi connectivity index (χ0v) is 12.8. The van der Waals surface area contributed by atoms with Gasteiger partial charge in [-0.15, -0.1) is 0 Å². The van der Waals surface area contributed by atoms with E-state index in [4.69, 9.17) is 9.47 Å². The van der Waals surface area contributed by atoms with Crippen LogP contribution in [0, 0.1) is 6.92 Å². The Hall–Kier alpha value is -2.71. The molecule has 6 nitrogen and oxygen atoms in total. The number of hydrogen-bond acceptors (Lipinski definition) is 4. The molecule has 0 saturated heterocycles. The van der Waals surface area contributed by atoms with Crippen LogP contribution in [0.5, 0.6) is 11.5 Å². The van der Waals surface area contributed by atoms with Gasteiger partial charge in [-0.3, -0.25) is 9.48 Å². The molecule has 128 valence electrons. The predicted molar refractivity (Wildman–Crippen MR) is 77.9 cm³/mol. The molecule has 1 aliphatic heterocycles. The minimum atomic E-state index is -4.59. The SMILES string of the molecule is Cc1c(C(F)(F)F)nn(C)c1NC(=O)[C@@H]1COc2ccccc2O1. The number of nitrogens with one attached hydrogen (secondary N) is 1. The molecule has 0 aliphatic carbocycles. The van der Waals surface area contributed by atoms with Gasteiger partial charge in [-0.2, -0.15) is 18.3 Å². The van der Waals surface area contributed by atoms with E-state index in [1.54, 1.807) is 24.3 Å². The third kappa shape index (κ3) is 2.89. The van der Waals surface area contributed by atoms with Crippen molar-refractivity contribution in [3.8, 4) is 11.5 Å². The van der Waals surface area contributed by atoms with E-state index in [-0.39, 0.29) is 18.0 Å². The number of para-hydroxylation sites is 2. The highest BCUT2D eigenvalue weighted by molar-refractivity contribution is 5.94. The zero-order chi connectivity index (χ0) is 17.5. The summed E-state index contributed by atoms with van der Waals surface area (Å²) in [6.07, 6.45) is -5.56. The number of ether oxygens (including phenoxy) is 2. The fraction of sp³-hybridized carbons (Fsp3) is 0.333. The Labute approximate surface area is 135 Å². The van der Waals surface area contributed by atoms with E-state index in [1.165, 1.54) is 14.0 Å². The van der Waals surface area contributed by atoms with Crippen molar-refractivity contribution in [2.75, 3.05) is 11.9 Å². The van der Waals surface area contributed by atoms with Crippen molar-refractivity contribution in [3.05, 3.63) is 35.5 Å². The minimum Gasteiger partial charge on any atom is -0.485 e. The van der Waals surface area contributed by atoms with E-state index in [2.05, 4.69) is 10.4 Å². The van der Waals surface area contributed by atoms with Crippen LogP contribution in [0.25, 0.3) is 0 Å². The summed E-state index contributed by atoms with van der Waals surface area (Å²) >= 11 is 0. The Morgan fingerprint density at radius 2 is 2.00 bits per heavy atom. The monoisotopic (exact) mass is 341 g/mol. The normalized spacial score (nSPS) is 16.8. The maximum absolute atomic E-state index is 12.9. The molecular formula is C15H14F3N3O3. The van der Waals surface area contributed by atoms with Crippen LogP contribution in [0.15, 0.2) is 24.3 Å². The van der Waals surface area contributed by atoms with Gasteiger partial charge in [-0.25, -0.2) is 0 Å². The number of benzene rings is 1. The van der Waals surface area contributed by atoms with Crippen LogP contribution in [0.1, 0.15) is 11.3 Å². The van der Waals surface area contributed by atoms with Crippen LogP contribution in [-0.4, -0.2) is 28.4 Å². The zero-order valence-electron chi connectivity index (χ0n) is 12.8. The summed E-state index contributed by atoms with van der Waals surface area (Å²) in [5, 5.41) is 5.85. The molecule has 1 aliphatic rings. The van der Waals surface area contributed by atoms with Gasteiger partial charge in [-0.1, -0.05) is 12.1 Å². The minimum absolute atomic E-state index is 0.0326. The molecule has 0 fully saturated rings. The van der Waals surface area contributed by atoms with Gasteiger partial charge in [0.15, 0.2) is 17.2 Å². The first kappa shape index (κ1) is 16.2. The molecule has 0 spiro atoms. The number of carbonyl (C=O) groups excluding carboxylic acids is 1. The van der Waals surface area contributed by atoms with Crippen molar-refractivity contribution >= 4 is 11.7 Å². The molecular weight excluding hydrogens is 327 g/mol. The third-order valence-corrected chi connectivity index (χ3v) is 3.60. The highest BCUT2D eigenvalue weighted by Crippen LogP contribution is 2.34. The summed E-state index contributed by atoms with van der Waals surface area (Å²) in [6.45, 7) is 1.21. The molecule has 0 bridgehead atoms. The van der Waals surface area contributed by atoms with Crippen molar-refractivity contribution in [1.82, 2.24) is 9.78 Å². The number of hydrogen-bond donors (Lipinski definition) is 1. The highest BCUT2D eigenvalue weighted by Gasteiger charge is 2.38. The van der Waals surface area contributed by atoms with E-state index >= 15 is 0 Å². The maximum Gasteiger partial charge on any atom is 0.435 e. The lowest BCUT2D eigenvalue weighted by molar-refractivity contribution is -0.141. The molecule has 1 amide bonds. The number of fused-ring (bicyclic) bond motifs is 1. The highest BCUT2D eigenvalue weighted by atomic mass is 19.4. The van der Waals surface area contributed by atoms with Crippen LogP contribution in [0.2, 0.25) is 0 Å². The molecule has 3 rings (SSSR count). The van der Waals surface area contributed by atoms with Crippen molar-refractivity contribution in [3.63, 3.8) is 0 Å². The van der Waals surface area contributed by atoms with Gasteiger partial charge < -0.3 is 14.8 Å². The summed E-state index contributed by atoms with van der Waals surface area (Å²) < 4.78 is 50.5. The largest absolute Gasteiger partial charge is 0.485 e. The van der Waals surface area contributed by atoms with Crippen LogP contribution in [-0.2, 0) is 18.0 Å². The summed E-state index contributed by atoms with van der Waals surface area (Å²) in [7, 11) is 1.32. The lowest BCUT2D eigenvalue weighted by atomic mass is 10.2. The molecule has 24 heavy (non-hydrogen) atoms. The smallest absolute Gasteiger partial charge is 0.435 e. The number of aromatic nitrogens is 2. The van der Waals surface area contributed by atoms with E-state index in [0.717, 1.165) is 4.68 Å². The second kappa shape index (κ2) is 5.73. The quantitative estimate of drug-likeness (QED) is 0.912. The van der Waals surface area contributed by atoms with Crippen molar-refractivity contribution in [2.24, 2.45) is 7.05 Å². The Kier molecular flexibility index (Phi) is 3.86. The molecule has 2 aromatic rings. The van der Waals surface area contributed by atoms with Crippen molar-refractivity contribution in [1.29, 1.82) is 0 Å². The van der Waals surface area contributed by atoms with E-state index in [0.29, 0.717) is 11.5 Å². The summed E-state index contributed by atoms with van der Waals surface area (Å²) in [5.41, 5.74) is -1.19. The number of rotatable bonds is 2. The predicted octanol–water partition coefficient (Wildman–Crippen LogP) is 2.53. The third-order valence-electron chi connectivity index (χ3n) is 3.60. The fourth-order valence-corrected chi connectivity index (χ4v) is 2.42. The number of alkyl halides is 3. The first-order valence-corrected chi connectivity index (χ1v) is 7.07. The topological polar surface area (TPSA) is 65.4 Å². The Balaban J connectivity index is 1.78. The molecule has 0 unspecified atom stereocenters. The van der Waals surface area contributed by atoms with E-state index in [1.807, 2.05) is 0 Å². The number of aryl methyl sites for hydroxylation is 1. The van der Waals surface area contributed by atoms with Gasteiger partial charge in [0.2, 0.25) is 6.10 Å². The molecule has 2 heterocycles. The van der Waals surface area contributed by atoms with E-state index in [9.17, 15) is 18.0 Å².